The second kappa shape index (κ2) is 19.5. The van der Waals surface area contributed by atoms with E-state index in [1.54, 1.807) is 0 Å². The minimum atomic E-state index is 0.805. The van der Waals surface area contributed by atoms with E-state index in [9.17, 15) is 0 Å². The van der Waals surface area contributed by atoms with Gasteiger partial charge >= 0.3 is 0 Å². The smallest absolute Gasteiger partial charge is 0.0950 e. The molecule has 10 aromatic carbocycles. The zero-order chi connectivity index (χ0) is 51.2. The molecule has 0 saturated heterocycles. The van der Waals surface area contributed by atoms with Gasteiger partial charge in [-0.05, 0) is 163 Å². The molecule has 1 aliphatic heterocycles. The predicted molar refractivity (Wildman–Crippen MR) is 326 cm³/mol. The average molecular weight is 1000 g/mol. The minimum absolute atomic E-state index is 0.805. The number of aromatic nitrogens is 2. The third-order valence-electron chi connectivity index (χ3n) is 15.2. The lowest BCUT2D eigenvalue weighted by Crippen LogP contribution is -2.23. The zero-order valence-electron chi connectivity index (χ0n) is 42.4. The lowest BCUT2D eigenvalue weighted by atomic mass is 9.84. The van der Waals surface area contributed by atoms with E-state index in [2.05, 4.69) is 264 Å². The highest BCUT2D eigenvalue weighted by Crippen LogP contribution is 2.47. The molecule has 0 amide bonds. The lowest BCUT2D eigenvalue weighted by molar-refractivity contribution is 0.950. The summed E-state index contributed by atoms with van der Waals surface area (Å²) in [4.78, 5) is 14.1. The van der Waals surface area contributed by atoms with Gasteiger partial charge in [0.1, 0.15) is 0 Å². The van der Waals surface area contributed by atoms with Crippen molar-refractivity contribution in [3.63, 3.8) is 0 Å². The summed E-state index contributed by atoms with van der Waals surface area (Å²) in [6.45, 7) is 0.805. The molecule has 3 aromatic heterocycles. The molecule has 0 radical (unpaired) electrons. The van der Waals surface area contributed by atoms with E-state index in [1.807, 2.05) is 41.9 Å². The van der Waals surface area contributed by atoms with E-state index in [0.717, 1.165) is 79.3 Å². The van der Waals surface area contributed by atoms with Gasteiger partial charge in [0, 0.05) is 56.4 Å². The van der Waals surface area contributed by atoms with Crippen molar-refractivity contribution in [1.29, 1.82) is 0 Å². The van der Waals surface area contributed by atoms with Crippen molar-refractivity contribution in [2.24, 2.45) is 0 Å². The monoisotopic (exact) mass is 1000 g/mol. The first-order valence-corrected chi connectivity index (χ1v) is 27.0. The Bertz CT molecular complexity index is 4320. The average Bonchev–Trinajstić information content (AvgIpc) is 4.09. The summed E-state index contributed by atoms with van der Waals surface area (Å²) in [5, 5.41) is 2.58. The Kier molecular flexibility index (Phi) is 11.7. The molecule has 14 rings (SSSR count). The first-order valence-electron chi connectivity index (χ1n) is 26.2. The fourth-order valence-electron chi connectivity index (χ4n) is 11.4. The van der Waals surface area contributed by atoms with Gasteiger partial charge in [0.05, 0.1) is 29.4 Å². The van der Waals surface area contributed by atoms with Crippen LogP contribution in [0.1, 0.15) is 0 Å². The number of rotatable bonds is 10. The van der Waals surface area contributed by atoms with Crippen LogP contribution in [0, 0.1) is 0 Å². The molecule has 1 aliphatic rings. The van der Waals surface area contributed by atoms with E-state index in [-0.39, 0.29) is 0 Å². The molecule has 77 heavy (non-hydrogen) atoms. The van der Waals surface area contributed by atoms with Gasteiger partial charge in [0.25, 0.3) is 0 Å². The predicted octanol–water partition coefficient (Wildman–Crippen LogP) is 19.4. The Hall–Kier alpha value is -9.68. The molecule has 4 heterocycles. The standard InChI is InChI=1S/C72H50N4S/c1-75-47-76(70-26-10-9-25-69(70)75)56-36-32-49(33-37-56)58-17-3-5-19-60(58)54-42-53(59-18-4-2-16-57(59)48-28-30-50(31-29-48)67-23-12-14-40-73-67)43-55(44-54)61-20-6-7-21-62(61)63-38-35-52(68-24-13-15-41-74-68)45-66(63)51-34-39-65-64-22-8-11-27-71(64)77-72(65)46-51/h2-46H,47H2,1H3. The normalized spacial score (nSPS) is 12.1. The number of anilines is 3. The number of hydrogen-bond acceptors (Lipinski definition) is 5. The van der Waals surface area contributed by atoms with Crippen molar-refractivity contribution in [1.82, 2.24) is 9.97 Å². The van der Waals surface area contributed by atoms with Crippen LogP contribution in [0.15, 0.2) is 273 Å². The summed E-state index contributed by atoms with van der Waals surface area (Å²) in [6.07, 6.45) is 3.73. The number of benzene rings is 10. The summed E-state index contributed by atoms with van der Waals surface area (Å²) < 4.78 is 2.57. The van der Waals surface area contributed by atoms with Crippen LogP contribution in [0.5, 0.6) is 0 Å². The molecule has 0 bridgehead atoms. The van der Waals surface area contributed by atoms with Crippen LogP contribution >= 0.6 is 11.3 Å². The lowest BCUT2D eigenvalue weighted by Gasteiger charge is -2.21. The SMILES string of the molecule is CN1CN(c2ccc(-c3ccccc3-c3cc(-c4ccccc4-c4ccc(-c5ccccn5)cc4)cc(-c4ccccc4-c4ccc(-c5ccccn5)cc4-c4ccc5c(c4)sc4ccccc45)c3)cc2)c2ccccc21. The summed E-state index contributed by atoms with van der Waals surface area (Å²) in [7, 11) is 2.16. The van der Waals surface area contributed by atoms with Gasteiger partial charge in [-0.15, -0.1) is 11.3 Å². The second-order valence-electron chi connectivity index (χ2n) is 19.8. The summed E-state index contributed by atoms with van der Waals surface area (Å²) in [6, 6.07) is 95.2. The Morgan fingerprint density at radius 3 is 1.39 bits per heavy atom. The van der Waals surface area contributed by atoms with Crippen molar-refractivity contribution < 1.29 is 0 Å². The van der Waals surface area contributed by atoms with E-state index < -0.39 is 0 Å². The van der Waals surface area contributed by atoms with Crippen LogP contribution in [0.2, 0.25) is 0 Å². The van der Waals surface area contributed by atoms with Crippen LogP contribution < -0.4 is 9.80 Å². The maximum atomic E-state index is 4.81. The van der Waals surface area contributed by atoms with Gasteiger partial charge in [-0.3, -0.25) is 9.97 Å². The molecule has 0 spiro atoms. The molecular weight excluding hydrogens is 953 g/mol. The summed E-state index contributed by atoms with van der Waals surface area (Å²) in [5.41, 5.74) is 23.9. The van der Waals surface area contributed by atoms with Gasteiger partial charge in [-0.25, -0.2) is 0 Å². The first-order chi connectivity index (χ1) is 38.1. The fraction of sp³-hybridized carbons (Fsp3) is 0.0278. The Balaban J connectivity index is 0.939. The topological polar surface area (TPSA) is 32.3 Å². The van der Waals surface area contributed by atoms with Crippen molar-refractivity contribution in [2.45, 2.75) is 0 Å². The molecule has 4 nitrogen and oxygen atoms in total. The highest BCUT2D eigenvalue weighted by molar-refractivity contribution is 7.25. The summed E-state index contributed by atoms with van der Waals surface area (Å²) in [5.74, 6) is 0. The maximum absolute atomic E-state index is 4.81. The molecule has 0 saturated carbocycles. The number of nitrogens with zero attached hydrogens (tertiary/aromatic N) is 4. The number of fused-ring (bicyclic) bond motifs is 4. The third-order valence-corrected chi connectivity index (χ3v) is 16.3. The largest absolute Gasteiger partial charge is 0.355 e. The molecule has 5 heteroatoms. The van der Waals surface area contributed by atoms with Crippen molar-refractivity contribution >= 4 is 48.6 Å². The quantitative estimate of drug-likeness (QED) is 0.137. The van der Waals surface area contributed by atoms with Crippen LogP contribution in [0.25, 0.3) is 121 Å². The van der Waals surface area contributed by atoms with E-state index in [4.69, 9.17) is 4.98 Å². The Labute approximate surface area is 453 Å². The van der Waals surface area contributed by atoms with Gasteiger partial charge in [-0.1, -0.05) is 176 Å². The molecule has 0 aliphatic carbocycles. The fourth-order valence-corrected chi connectivity index (χ4v) is 12.6. The molecular formula is C72H50N4S. The van der Waals surface area contributed by atoms with E-state index >= 15 is 0 Å². The van der Waals surface area contributed by atoms with Gasteiger partial charge in [0.15, 0.2) is 0 Å². The minimum Gasteiger partial charge on any atom is -0.355 e. The highest BCUT2D eigenvalue weighted by atomic mass is 32.1. The highest BCUT2D eigenvalue weighted by Gasteiger charge is 2.25. The van der Waals surface area contributed by atoms with Gasteiger partial charge in [-0.2, -0.15) is 0 Å². The molecule has 0 atom stereocenters. The van der Waals surface area contributed by atoms with Crippen molar-refractivity contribution in [3.8, 4) is 100 Å². The van der Waals surface area contributed by atoms with Gasteiger partial charge in [0.2, 0.25) is 0 Å². The molecule has 0 fully saturated rings. The zero-order valence-corrected chi connectivity index (χ0v) is 43.2. The Morgan fingerprint density at radius 1 is 0.312 bits per heavy atom. The molecule has 0 unspecified atom stereocenters. The number of para-hydroxylation sites is 2. The number of hydrogen-bond donors (Lipinski definition) is 0. The van der Waals surface area contributed by atoms with Gasteiger partial charge < -0.3 is 9.80 Å². The third kappa shape index (κ3) is 8.53. The second-order valence-corrected chi connectivity index (χ2v) is 20.9. The maximum Gasteiger partial charge on any atom is 0.0950 e. The first kappa shape index (κ1) is 45.9. The van der Waals surface area contributed by atoms with Crippen LogP contribution in [-0.4, -0.2) is 23.7 Å². The van der Waals surface area contributed by atoms with Crippen LogP contribution in [0.4, 0.5) is 17.1 Å². The summed E-state index contributed by atoms with van der Waals surface area (Å²) >= 11 is 1.86. The Morgan fingerprint density at radius 2 is 0.766 bits per heavy atom. The van der Waals surface area contributed by atoms with Crippen molar-refractivity contribution in [3.05, 3.63) is 273 Å². The van der Waals surface area contributed by atoms with E-state index in [1.165, 1.54) is 65.1 Å². The van der Waals surface area contributed by atoms with Crippen LogP contribution in [-0.2, 0) is 0 Å². The number of pyridine rings is 2. The van der Waals surface area contributed by atoms with Crippen molar-refractivity contribution in [2.75, 3.05) is 23.5 Å². The number of thiophene rings is 1. The molecule has 13 aromatic rings. The molecule has 364 valence electrons. The van der Waals surface area contributed by atoms with Crippen LogP contribution in [0.3, 0.4) is 0 Å². The van der Waals surface area contributed by atoms with E-state index in [0.29, 0.717) is 0 Å². The molecule has 0 N–H and O–H groups in total.